The summed E-state index contributed by atoms with van der Waals surface area (Å²) < 4.78 is 21.8. The lowest BCUT2D eigenvalue weighted by Gasteiger charge is -2.52. The molecule has 16 nitrogen and oxygen atoms in total. The Morgan fingerprint density at radius 3 is 2.20 bits per heavy atom. The predicted molar refractivity (Wildman–Crippen MR) is 133 cm³/mol. The second-order valence-corrected chi connectivity index (χ2v) is 10.0. The summed E-state index contributed by atoms with van der Waals surface area (Å²) in [6.07, 6.45) is -17.9. The highest BCUT2D eigenvalue weighted by Gasteiger charge is 2.63. The van der Waals surface area contributed by atoms with E-state index in [4.69, 9.17) is 18.9 Å². The Balaban J connectivity index is 2.00. The van der Waals surface area contributed by atoms with Crippen LogP contribution >= 0.6 is 0 Å². The van der Waals surface area contributed by atoms with Crippen molar-refractivity contribution >= 4 is 11.9 Å². The fourth-order valence-electron chi connectivity index (χ4n) is 5.18. The zero-order chi connectivity index (χ0) is 30.6. The fourth-order valence-corrected chi connectivity index (χ4v) is 5.18. The van der Waals surface area contributed by atoms with E-state index in [1.165, 1.54) is 31.4 Å². The highest BCUT2D eigenvalue weighted by molar-refractivity contribution is 5.79. The zero-order valence-electron chi connectivity index (χ0n) is 22.3. The topological polar surface area (TPSA) is 265 Å². The van der Waals surface area contributed by atoms with Crippen LogP contribution in [0.3, 0.4) is 0 Å². The number of carbonyl (C=O) groups excluding carboxylic acids is 1. The number of carboxylic acids is 1. The lowest BCUT2D eigenvalue weighted by molar-refractivity contribution is -0.305. The van der Waals surface area contributed by atoms with Gasteiger partial charge in [-0.3, -0.25) is 4.79 Å². The van der Waals surface area contributed by atoms with Gasteiger partial charge in [0.25, 0.3) is 0 Å². The van der Waals surface area contributed by atoms with Gasteiger partial charge in [-0.1, -0.05) is 0 Å². The van der Waals surface area contributed by atoms with Crippen molar-refractivity contribution < 1.29 is 74.5 Å². The molecule has 1 amide bonds. The number of methoxy groups -OCH3 is 1. The summed E-state index contributed by atoms with van der Waals surface area (Å²) in [4.78, 5) is 24.4. The number of ether oxygens (including phenoxy) is 4. The maximum absolute atomic E-state index is 12.7. The Kier molecular flexibility index (Phi) is 10.9. The van der Waals surface area contributed by atoms with Crippen molar-refractivity contribution in [1.82, 2.24) is 5.32 Å². The largest absolute Gasteiger partial charge is 0.497 e. The predicted octanol–water partition coefficient (Wildman–Crippen LogP) is -4.32. The molecule has 0 bridgehead atoms. The Labute approximate surface area is 234 Å². The Bertz CT molecular complexity index is 1030. The van der Waals surface area contributed by atoms with Crippen LogP contribution in [-0.4, -0.2) is 145 Å². The number of nitrogens with one attached hydrogen (secondary N) is 1. The van der Waals surface area contributed by atoms with E-state index in [2.05, 4.69) is 5.32 Å². The SMILES string of the molecule is COc1ccc(O[C@@H]2O[C@H](CO)[C@H](O)[C@H]([C@H](O)[C@]3(C(=O)O)C[C@H](O)[C@@H](NC(C)=O)[C@H]([C@H](O)[C@H](O)CO)O3)[C@H]2O)cc1. The first kappa shape index (κ1) is 32.9. The standard InChI is InChI=1S/C25H37NO15/c1-10(29)26-17-13(30)7-25(24(36)37,41-21(17)18(32)14(31)8-27)22(35)16-19(33)15(9-28)40-23(20(16)34)39-12-5-3-11(38-2)4-6-12/h3-6,13-23,27-28,30-35H,7-9H2,1-2H3,(H,26,29)(H,36,37)/t13-,14+,15+,16-,17+,18+,19-,20+,21+,22-,23+,25-/m0/s1. The van der Waals surface area contributed by atoms with Crippen molar-refractivity contribution in [2.75, 3.05) is 20.3 Å². The molecule has 10 N–H and O–H groups in total. The summed E-state index contributed by atoms with van der Waals surface area (Å²) in [7, 11) is 1.44. The van der Waals surface area contributed by atoms with E-state index in [-0.39, 0.29) is 5.75 Å². The van der Waals surface area contributed by atoms with Crippen molar-refractivity contribution in [2.45, 2.75) is 80.1 Å². The molecule has 0 aromatic heterocycles. The molecule has 0 spiro atoms. The summed E-state index contributed by atoms with van der Waals surface area (Å²) in [5.41, 5.74) is -2.86. The first-order chi connectivity index (χ1) is 19.3. The molecule has 2 fully saturated rings. The Hall–Kier alpha value is -2.64. The summed E-state index contributed by atoms with van der Waals surface area (Å²) in [5, 5.41) is 96.8. The van der Waals surface area contributed by atoms with Crippen LogP contribution in [0.25, 0.3) is 0 Å². The van der Waals surface area contributed by atoms with Crippen LogP contribution in [0.15, 0.2) is 24.3 Å². The van der Waals surface area contributed by atoms with Gasteiger partial charge in [0.15, 0.2) is 5.60 Å². The second-order valence-electron chi connectivity index (χ2n) is 10.0. The van der Waals surface area contributed by atoms with Crippen molar-refractivity contribution in [3.63, 3.8) is 0 Å². The van der Waals surface area contributed by atoms with Crippen LogP contribution in [0, 0.1) is 5.92 Å². The minimum absolute atomic E-state index is 0.146. The maximum atomic E-state index is 12.7. The molecule has 2 saturated heterocycles. The van der Waals surface area contributed by atoms with Gasteiger partial charge in [-0.05, 0) is 24.3 Å². The van der Waals surface area contributed by atoms with Gasteiger partial charge in [-0.15, -0.1) is 0 Å². The summed E-state index contributed by atoms with van der Waals surface area (Å²) in [5.74, 6) is -3.81. The normalized spacial score (nSPS) is 36.0. The molecule has 2 heterocycles. The molecule has 41 heavy (non-hydrogen) atoms. The molecule has 3 rings (SSSR count). The fraction of sp³-hybridized carbons (Fsp3) is 0.680. The van der Waals surface area contributed by atoms with Crippen LogP contribution in [0.5, 0.6) is 11.5 Å². The quantitative estimate of drug-likeness (QED) is 0.117. The molecule has 2 aliphatic rings. The third-order valence-electron chi connectivity index (χ3n) is 7.37. The van der Waals surface area contributed by atoms with E-state index in [1.54, 1.807) is 0 Å². The third kappa shape index (κ3) is 6.72. The number of aliphatic hydroxyl groups is 8. The van der Waals surface area contributed by atoms with E-state index >= 15 is 0 Å². The average Bonchev–Trinajstić information content (AvgIpc) is 2.94. The number of aliphatic hydroxyl groups excluding tert-OH is 8. The molecule has 1 aromatic carbocycles. The number of carbonyl (C=O) groups is 2. The van der Waals surface area contributed by atoms with E-state index < -0.39 is 104 Å². The first-order valence-corrected chi connectivity index (χ1v) is 12.8. The van der Waals surface area contributed by atoms with Crippen molar-refractivity contribution in [2.24, 2.45) is 5.92 Å². The minimum Gasteiger partial charge on any atom is -0.497 e. The van der Waals surface area contributed by atoms with Crippen LogP contribution < -0.4 is 14.8 Å². The molecule has 12 atom stereocenters. The smallest absolute Gasteiger partial charge is 0.338 e. The molecule has 2 aliphatic heterocycles. The first-order valence-electron chi connectivity index (χ1n) is 12.8. The van der Waals surface area contributed by atoms with Gasteiger partial charge < -0.3 is 70.2 Å². The third-order valence-corrected chi connectivity index (χ3v) is 7.37. The van der Waals surface area contributed by atoms with Gasteiger partial charge in [0, 0.05) is 19.3 Å². The van der Waals surface area contributed by atoms with Crippen LogP contribution in [-0.2, 0) is 19.1 Å². The summed E-state index contributed by atoms with van der Waals surface area (Å²) in [6.45, 7) is -0.774. The van der Waals surface area contributed by atoms with Crippen LogP contribution in [0.2, 0.25) is 0 Å². The highest BCUT2D eigenvalue weighted by atomic mass is 16.7. The molecule has 0 aliphatic carbocycles. The number of amides is 1. The van der Waals surface area contributed by atoms with E-state index in [1.807, 2.05) is 0 Å². The second kappa shape index (κ2) is 13.6. The van der Waals surface area contributed by atoms with E-state index in [0.717, 1.165) is 6.92 Å². The maximum Gasteiger partial charge on any atom is 0.338 e. The molecular weight excluding hydrogens is 554 g/mol. The van der Waals surface area contributed by atoms with Crippen molar-refractivity contribution in [3.8, 4) is 11.5 Å². The zero-order valence-corrected chi connectivity index (χ0v) is 22.3. The average molecular weight is 592 g/mol. The molecule has 16 heteroatoms. The Morgan fingerprint density at radius 1 is 1.07 bits per heavy atom. The van der Waals surface area contributed by atoms with Crippen LogP contribution in [0.1, 0.15) is 13.3 Å². The molecular formula is C25H37NO15. The van der Waals surface area contributed by atoms with Crippen molar-refractivity contribution in [1.29, 1.82) is 0 Å². The molecule has 1 aromatic rings. The van der Waals surface area contributed by atoms with E-state index in [0.29, 0.717) is 5.75 Å². The molecule has 0 unspecified atom stereocenters. The highest BCUT2D eigenvalue weighted by Crippen LogP contribution is 2.41. The molecule has 232 valence electrons. The Morgan fingerprint density at radius 2 is 1.68 bits per heavy atom. The van der Waals surface area contributed by atoms with Gasteiger partial charge in [0.2, 0.25) is 12.2 Å². The number of benzene rings is 1. The number of aliphatic carboxylic acids is 1. The number of hydrogen-bond donors (Lipinski definition) is 10. The lowest BCUT2D eigenvalue weighted by Crippen LogP contribution is -2.73. The summed E-state index contributed by atoms with van der Waals surface area (Å²) in [6, 6.07) is 4.48. The van der Waals surface area contributed by atoms with Gasteiger partial charge in [0.1, 0.15) is 48.1 Å². The van der Waals surface area contributed by atoms with E-state index in [9.17, 15) is 55.5 Å². The molecule has 0 saturated carbocycles. The minimum atomic E-state index is -2.86. The monoisotopic (exact) mass is 591 g/mol. The number of carboxylic acid groups (broad SMARTS) is 1. The van der Waals surface area contributed by atoms with Gasteiger partial charge >= 0.3 is 5.97 Å². The number of rotatable bonds is 11. The van der Waals surface area contributed by atoms with Gasteiger partial charge in [-0.25, -0.2) is 4.79 Å². The van der Waals surface area contributed by atoms with Crippen LogP contribution in [0.4, 0.5) is 0 Å². The number of hydrogen-bond acceptors (Lipinski definition) is 14. The van der Waals surface area contributed by atoms with Crippen molar-refractivity contribution in [3.05, 3.63) is 24.3 Å². The summed E-state index contributed by atoms with van der Waals surface area (Å²) >= 11 is 0. The van der Waals surface area contributed by atoms with Gasteiger partial charge in [-0.2, -0.15) is 0 Å². The van der Waals surface area contributed by atoms with Gasteiger partial charge in [0.05, 0.1) is 38.6 Å². The lowest BCUT2D eigenvalue weighted by atomic mass is 9.72. The molecule has 0 radical (unpaired) electrons.